The topological polar surface area (TPSA) is 77.8 Å². The molecule has 1 fully saturated rings. The number of hydrogen-bond acceptors (Lipinski definition) is 4. The van der Waals surface area contributed by atoms with Gasteiger partial charge in [-0.1, -0.05) is 48.0 Å². The predicted octanol–water partition coefficient (Wildman–Crippen LogP) is 4.64. The molecule has 3 aromatic carbocycles. The smallest absolute Gasteiger partial charge is 0.300 e. The van der Waals surface area contributed by atoms with Crippen molar-refractivity contribution in [2.75, 3.05) is 4.90 Å². The van der Waals surface area contributed by atoms with Crippen LogP contribution < -0.4 is 4.90 Å². The zero-order chi connectivity index (χ0) is 21.4. The first-order chi connectivity index (χ1) is 14.4. The van der Waals surface area contributed by atoms with E-state index in [9.17, 15) is 19.8 Å². The van der Waals surface area contributed by atoms with Crippen molar-refractivity contribution in [2.24, 2.45) is 0 Å². The average molecular weight is 399 g/mol. The molecule has 1 heterocycles. The van der Waals surface area contributed by atoms with Crippen LogP contribution in [-0.2, 0) is 9.59 Å². The lowest BCUT2D eigenvalue weighted by atomic mass is 9.93. The Hall–Kier alpha value is -3.86. The van der Waals surface area contributed by atoms with Crippen LogP contribution in [0.1, 0.15) is 28.3 Å². The molecule has 0 aliphatic carbocycles. The summed E-state index contributed by atoms with van der Waals surface area (Å²) in [6, 6.07) is 19.9. The van der Waals surface area contributed by atoms with Crippen LogP contribution in [0.15, 0.2) is 78.4 Å². The maximum absolute atomic E-state index is 13.1. The number of anilines is 1. The van der Waals surface area contributed by atoms with Gasteiger partial charge in [-0.3, -0.25) is 14.5 Å². The molecule has 0 spiro atoms. The van der Waals surface area contributed by atoms with Crippen molar-refractivity contribution in [1.29, 1.82) is 0 Å². The van der Waals surface area contributed by atoms with E-state index in [0.717, 1.165) is 11.1 Å². The minimum atomic E-state index is -0.862. The highest BCUT2D eigenvalue weighted by Gasteiger charge is 2.47. The number of aliphatic hydroxyl groups is 1. The number of nitrogens with zero attached hydrogens (tertiary/aromatic N) is 1. The van der Waals surface area contributed by atoms with E-state index >= 15 is 0 Å². The van der Waals surface area contributed by atoms with Crippen molar-refractivity contribution in [2.45, 2.75) is 19.9 Å². The fourth-order valence-electron chi connectivity index (χ4n) is 3.83. The minimum Gasteiger partial charge on any atom is -0.508 e. The molecule has 30 heavy (non-hydrogen) atoms. The third-order valence-corrected chi connectivity index (χ3v) is 5.31. The van der Waals surface area contributed by atoms with Gasteiger partial charge in [-0.2, -0.15) is 0 Å². The Morgan fingerprint density at radius 2 is 1.63 bits per heavy atom. The van der Waals surface area contributed by atoms with E-state index < -0.39 is 17.7 Å². The fourth-order valence-corrected chi connectivity index (χ4v) is 3.83. The average Bonchev–Trinajstić information content (AvgIpc) is 3.01. The number of carbonyl (C=O) groups excluding carboxylic acids is 2. The van der Waals surface area contributed by atoms with Gasteiger partial charge in [-0.25, -0.2) is 0 Å². The molecule has 1 aliphatic rings. The van der Waals surface area contributed by atoms with Crippen molar-refractivity contribution in [1.82, 2.24) is 0 Å². The summed E-state index contributed by atoms with van der Waals surface area (Å²) in [6.07, 6.45) is 0. The lowest BCUT2D eigenvalue weighted by molar-refractivity contribution is -0.132. The molecule has 1 saturated heterocycles. The van der Waals surface area contributed by atoms with Gasteiger partial charge in [0.2, 0.25) is 0 Å². The molecule has 1 amide bonds. The molecule has 0 bridgehead atoms. The number of phenols is 1. The molecule has 5 nitrogen and oxygen atoms in total. The van der Waals surface area contributed by atoms with Crippen LogP contribution >= 0.6 is 0 Å². The van der Waals surface area contributed by atoms with Crippen LogP contribution in [0.4, 0.5) is 5.69 Å². The molecule has 1 unspecified atom stereocenters. The van der Waals surface area contributed by atoms with Crippen LogP contribution in [0.2, 0.25) is 0 Å². The molecular weight excluding hydrogens is 378 g/mol. The third kappa shape index (κ3) is 3.24. The van der Waals surface area contributed by atoms with Crippen LogP contribution in [0, 0.1) is 13.8 Å². The second kappa shape index (κ2) is 7.52. The predicted molar refractivity (Wildman–Crippen MR) is 115 cm³/mol. The number of aromatic hydroxyl groups is 1. The summed E-state index contributed by atoms with van der Waals surface area (Å²) >= 11 is 0. The zero-order valence-corrected chi connectivity index (χ0v) is 16.7. The Kier molecular flexibility index (Phi) is 4.88. The molecule has 1 aliphatic heterocycles. The van der Waals surface area contributed by atoms with E-state index in [2.05, 4.69) is 0 Å². The van der Waals surface area contributed by atoms with Crippen LogP contribution in [0.25, 0.3) is 5.76 Å². The van der Waals surface area contributed by atoms with Crippen LogP contribution in [-0.4, -0.2) is 21.9 Å². The number of rotatable bonds is 3. The van der Waals surface area contributed by atoms with E-state index in [1.54, 1.807) is 42.5 Å². The van der Waals surface area contributed by atoms with Crippen molar-refractivity contribution in [3.05, 3.63) is 101 Å². The molecule has 150 valence electrons. The van der Waals surface area contributed by atoms with Crippen molar-refractivity contribution >= 4 is 23.1 Å². The maximum atomic E-state index is 13.1. The number of benzene rings is 3. The van der Waals surface area contributed by atoms with Crippen molar-refractivity contribution < 1.29 is 19.8 Å². The number of aliphatic hydroxyl groups excluding tert-OH is 1. The second-order valence-corrected chi connectivity index (χ2v) is 7.42. The molecule has 4 rings (SSSR count). The van der Waals surface area contributed by atoms with E-state index in [-0.39, 0.29) is 17.1 Å². The number of ketones is 1. The van der Waals surface area contributed by atoms with Crippen molar-refractivity contribution in [3.8, 4) is 5.75 Å². The standard InChI is InChI=1S/C25H21NO4/c1-15-11-12-16(2)20(13-15)23(28)21-22(17-7-6-10-19(27)14-17)26(25(30)24(21)29)18-8-4-3-5-9-18/h3-14,22,27-28H,1-2H3/b23-21+. The molecule has 0 saturated carbocycles. The van der Waals surface area contributed by atoms with Gasteiger partial charge in [0.1, 0.15) is 11.5 Å². The summed E-state index contributed by atoms with van der Waals surface area (Å²) in [5.74, 6) is -1.69. The number of aryl methyl sites for hydroxylation is 2. The molecule has 3 aromatic rings. The lowest BCUT2D eigenvalue weighted by Crippen LogP contribution is -2.29. The number of carbonyl (C=O) groups is 2. The Balaban J connectivity index is 1.99. The summed E-state index contributed by atoms with van der Waals surface area (Å²) in [7, 11) is 0. The highest BCUT2D eigenvalue weighted by Crippen LogP contribution is 2.43. The monoisotopic (exact) mass is 399 g/mol. The lowest BCUT2D eigenvalue weighted by Gasteiger charge is -2.25. The maximum Gasteiger partial charge on any atom is 0.300 e. The van der Waals surface area contributed by atoms with Gasteiger partial charge in [-0.05, 0) is 55.3 Å². The SMILES string of the molecule is Cc1ccc(C)c(/C(O)=C2\C(=O)C(=O)N(c3ccccc3)C2c2cccc(O)c2)c1. The molecule has 2 N–H and O–H groups in total. The Morgan fingerprint density at radius 3 is 2.33 bits per heavy atom. The van der Waals surface area contributed by atoms with Gasteiger partial charge in [-0.15, -0.1) is 0 Å². The van der Waals surface area contributed by atoms with Gasteiger partial charge in [0.25, 0.3) is 11.7 Å². The summed E-state index contributed by atoms with van der Waals surface area (Å²) in [4.78, 5) is 27.5. The summed E-state index contributed by atoms with van der Waals surface area (Å²) in [5.41, 5.74) is 3.29. The normalized spacial score (nSPS) is 18.1. The van der Waals surface area contributed by atoms with Gasteiger partial charge in [0, 0.05) is 11.3 Å². The number of Topliss-reactive ketones (excluding diaryl/α,β-unsaturated/α-hetero) is 1. The van der Waals surface area contributed by atoms with Gasteiger partial charge >= 0.3 is 0 Å². The van der Waals surface area contributed by atoms with E-state index in [4.69, 9.17) is 0 Å². The fraction of sp³-hybridized carbons (Fsp3) is 0.120. The zero-order valence-electron chi connectivity index (χ0n) is 16.7. The first-order valence-corrected chi connectivity index (χ1v) is 9.61. The Morgan fingerprint density at radius 1 is 0.900 bits per heavy atom. The summed E-state index contributed by atoms with van der Waals surface area (Å²) < 4.78 is 0. The number of amides is 1. The largest absolute Gasteiger partial charge is 0.508 e. The third-order valence-electron chi connectivity index (χ3n) is 5.31. The summed E-state index contributed by atoms with van der Waals surface area (Å²) in [5, 5.41) is 21.2. The summed E-state index contributed by atoms with van der Waals surface area (Å²) in [6.45, 7) is 3.73. The van der Waals surface area contributed by atoms with Gasteiger partial charge in [0.15, 0.2) is 0 Å². The second-order valence-electron chi connectivity index (χ2n) is 7.42. The highest BCUT2D eigenvalue weighted by molar-refractivity contribution is 6.51. The van der Waals surface area contributed by atoms with Gasteiger partial charge < -0.3 is 10.2 Å². The van der Waals surface area contributed by atoms with E-state index in [1.807, 2.05) is 32.0 Å². The first-order valence-electron chi connectivity index (χ1n) is 9.61. The first kappa shape index (κ1) is 19.5. The highest BCUT2D eigenvalue weighted by atomic mass is 16.3. The quantitative estimate of drug-likeness (QED) is 0.382. The molecular formula is C25H21NO4. The van der Waals surface area contributed by atoms with E-state index in [1.165, 1.54) is 17.0 Å². The van der Waals surface area contributed by atoms with Crippen LogP contribution in [0.3, 0.4) is 0 Å². The van der Waals surface area contributed by atoms with Crippen molar-refractivity contribution in [3.63, 3.8) is 0 Å². The Labute approximate surface area is 174 Å². The van der Waals surface area contributed by atoms with Crippen LogP contribution in [0.5, 0.6) is 5.75 Å². The number of para-hydroxylation sites is 1. The Bertz CT molecular complexity index is 1180. The number of phenolic OH excluding ortho intramolecular Hbond substituents is 1. The molecule has 1 atom stereocenters. The van der Waals surface area contributed by atoms with E-state index in [0.29, 0.717) is 16.8 Å². The molecule has 0 radical (unpaired) electrons. The molecule has 5 heteroatoms. The number of hydrogen-bond donors (Lipinski definition) is 2. The molecule has 0 aromatic heterocycles. The minimum absolute atomic E-state index is 0.00292. The van der Waals surface area contributed by atoms with Gasteiger partial charge in [0.05, 0.1) is 11.6 Å².